The Morgan fingerprint density at radius 3 is 2.14 bits per heavy atom. The SMILES string of the molecule is Cc1ccc(Nc2nc(N/N=C/c3ccccc3Br)nc(Nc3ccc([N+](=O)[O-])cc3)n2)cc1C. The van der Waals surface area contributed by atoms with E-state index in [1.165, 1.54) is 17.7 Å². The van der Waals surface area contributed by atoms with Crippen molar-refractivity contribution in [3.05, 3.63) is 98.0 Å². The molecule has 0 aliphatic carbocycles. The highest BCUT2D eigenvalue weighted by Gasteiger charge is 2.10. The summed E-state index contributed by atoms with van der Waals surface area (Å²) in [6.45, 7) is 4.07. The fourth-order valence-corrected chi connectivity index (χ4v) is 3.41. The first-order valence-corrected chi connectivity index (χ1v) is 11.3. The van der Waals surface area contributed by atoms with Gasteiger partial charge in [0.2, 0.25) is 17.8 Å². The molecule has 10 nitrogen and oxygen atoms in total. The molecule has 11 heteroatoms. The summed E-state index contributed by atoms with van der Waals surface area (Å²) >= 11 is 3.48. The molecule has 35 heavy (non-hydrogen) atoms. The lowest BCUT2D eigenvalue weighted by molar-refractivity contribution is -0.384. The van der Waals surface area contributed by atoms with Crippen molar-refractivity contribution in [2.45, 2.75) is 13.8 Å². The van der Waals surface area contributed by atoms with Gasteiger partial charge in [-0.05, 0) is 55.3 Å². The Labute approximate surface area is 209 Å². The minimum absolute atomic E-state index is 0.00735. The number of benzene rings is 3. The normalized spacial score (nSPS) is 10.8. The first-order chi connectivity index (χ1) is 16.9. The maximum Gasteiger partial charge on any atom is 0.269 e. The summed E-state index contributed by atoms with van der Waals surface area (Å²) in [4.78, 5) is 23.7. The smallest absolute Gasteiger partial charge is 0.269 e. The zero-order valence-corrected chi connectivity index (χ0v) is 20.4. The van der Waals surface area contributed by atoms with E-state index in [0.29, 0.717) is 11.6 Å². The third-order valence-electron chi connectivity index (χ3n) is 5.01. The molecule has 1 heterocycles. The molecule has 0 spiro atoms. The van der Waals surface area contributed by atoms with Crippen LogP contribution in [0.15, 0.2) is 76.3 Å². The Bertz CT molecular complexity index is 1390. The fraction of sp³-hybridized carbons (Fsp3) is 0.0833. The van der Waals surface area contributed by atoms with Gasteiger partial charge in [0.05, 0.1) is 11.1 Å². The van der Waals surface area contributed by atoms with Gasteiger partial charge in [-0.3, -0.25) is 10.1 Å². The van der Waals surface area contributed by atoms with Crippen molar-refractivity contribution in [1.29, 1.82) is 0 Å². The first-order valence-electron chi connectivity index (χ1n) is 10.5. The predicted molar refractivity (Wildman–Crippen MR) is 141 cm³/mol. The van der Waals surface area contributed by atoms with Crippen molar-refractivity contribution in [1.82, 2.24) is 15.0 Å². The lowest BCUT2D eigenvalue weighted by Crippen LogP contribution is -2.07. The molecular formula is C24H21BrN8O2. The van der Waals surface area contributed by atoms with E-state index in [9.17, 15) is 10.1 Å². The number of nitro groups is 1. The predicted octanol–water partition coefficient (Wildman–Crippen LogP) is 6.09. The zero-order valence-electron chi connectivity index (χ0n) is 18.9. The molecule has 0 amide bonds. The highest BCUT2D eigenvalue weighted by atomic mass is 79.9. The van der Waals surface area contributed by atoms with Crippen LogP contribution in [0.2, 0.25) is 0 Å². The average Bonchev–Trinajstić information content (AvgIpc) is 2.83. The second-order valence-corrected chi connectivity index (χ2v) is 8.41. The Morgan fingerprint density at radius 2 is 1.49 bits per heavy atom. The molecule has 0 unspecified atom stereocenters. The number of anilines is 5. The summed E-state index contributed by atoms with van der Waals surface area (Å²) in [6.07, 6.45) is 1.65. The summed E-state index contributed by atoms with van der Waals surface area (Å²) in [5.41, 5.74) is 7.42. The van der Waals surface area contributed by atoms with Gasteiger partial charge in [0.25, 0.3) is 5.69 Å². The number of nitrogens with one attached hydrogen (secondary N) is 3. The molecule has 0 radical (unpaired) electrons. The number of hydrazone groups is 1. The second-order valence-electron chi connectivity index (χ2n) is 7.55. The number of hydrogen-bond acceptors (Lipinski definition) is 9. The van der Waals surface area contributed by atoms with Crippen LogP contribution in [0.4, 0.5) is 34.9 Å². The number of nitro benzene ring substituents is 1. The molecule has 176 valence electrons. The van der Waals surface area contributed by atoms with Gasteiger partial charge in [0.15, 0.2) is 0 Å². The molecule has 0 atom stereocenters. The first kappa shape index (κ1) is 23.8. The summed E-state index contributed by atoms with van der Waals surface area (Å²) < 4.78 is 0.902. The number of rotatable bonds is 8. The molecule has 0 saturated carbocycles. The Kier molecular flexibility index (Phi) is 7.27. The van der Waals surface area contributed by atoms with Gasteiger partial charge >= 0.3 is 0 Å². The number of hydrogen-bond donors (Lipinski definition) is 3. The van der Waals surface area contributed by atoms with Crippen molar-refractivity contribution in [3.8, 4) is 0 Å². The average molecular weight is 533 g/mol. The van der Waals surface area contributed by atoms with E-state index in [1.54, 1.807) is 18.3 Å². The molecular weight excluding hydrogens is 512 g/mol. The molecule has 0 bridgehead atoms. The van der Waals surface area contributed by atoms with E-state index in [2.05, 4.69) is 52.0 Å². The van der Waals surface area contributed by atoms with Gasteiger partial charge < -0.3 is 10.6 Å². The molecule has 1 aromatic heterocycles. The van der Waals surface area contributed by atoms with Crippen LogP contribution in [0.25, 0.3) is 0 Å². The van der Waals surface area contributed by atoms with Gasteiger partial charge in [-0.15, -0.1) is 0 Å². The van der Waals surface area contributed by atoms with E-state index in [4.69, 9.17) is 0 Å². The zero-order chi connectivity index (χ0) is 24.8. The lowest BCUT2D eigenvalue weighted by Gasteiger charge is -2.11. The van der Waals surface area contributed by atoms with E-state index >= 15 is 0 Å². The van der Waals surface area contributed by atoms with Crippen LogP contribution in [0.1, 0.15) is 16.7 Å². The molecule has 4 rings (SSSR count). The molecule has 0 aliphatic heterocycles. The maximum absolute atomic E-state index is 10.9. The molecule has 4 aromatic rings. The monoisotopic (exact) mass is 532 g/mol. The largest absolute Gasteiger partial charge is 0.324 e. The quantitative estimate of drug-likeness (QED) is 0.141. The van der Waals surface area contributed by atoms with E-state index in [-0.39, 0.29) is 17.6 Å². The molecule has 0 aliphatic rings. The minimum Gasteiger partial charge on any atom is -0.324 e. The highest BCUT2D eigenvalue weighted by molar-refractivity contribution is 9.10. The second kappa shape index (κ2) is 10.7. The number of halogens is 1. The number of aromatic nitrogens is 3. The molecule has 0 fully saturated rings. The van der Waals surface area contributed by atoms with Crippen LogP contribution in [0.5, 0.6) is 0 Å². The summed E-state index contributed by atoms with van der Waals surface area (Å²) in [6, 6.07) is 19.6. The topological polar surface area (TPSA) is 130 Å². The van der Waals surface area contributed by atoms with Crippen LogP contribution in [0, 0.1) is 24.0 Å². The summed E-state index contributed by atoms with van der Waals surface area (Å²) in [5, 5.41) is 21.4. The van der Waals surface area contributed by atoms with Crippen LogP contribution in [-0.2, 0) is 0 Å². The van der Waals surface area contributed by atoms with Crippen molar-refractivity contribution >= 4 is 57.1 Å². The molecule has 0 saturated heterocycles. The highest BCUT2D eigenvalue weighted by Crippen LogP contribution is 2.22. The fourth-order valence-electron chi connectivity index (χ4n) is 3.02. The van der Waals surface area contributed by atoms with Crippen molar-refractivity contribution < 1.29 is 4.92 Å². The van der Waals surface area contributed by atoms with Crippen LogP contribution in [-0.4, -0.2) is 26.1 Å². The van der Waals surface area contributed by atoms with Crippen molar-refractivity contribution in [2.75, 3.05) is 16.1 Å². The standard InChI is InChI=1S/C24H21BrN8O2/c1-15-7-8-19(13-16(15)2)28-23-29-22(27-18-9-11-20(12-10-18)33(34)35)30-24(31-23)32-26-14-17-5-3-4-6-21(17)25/h3-14H,1-2H3,(H3,27,28,29,30,31,32)/b26-14+. The van der Waals surface area contributed by atoms with E-state index in [1.807, 2.05) is 56.3 Å². The number of non-ortho nitro benzene ring substituents is 1. The Balaban J connectivity index is 1.60. The number of nitrogens with zero attached hydrogens (tertiary/aromatic N) is 5. The van der Waals surface area contributed by atoms with E-state index < -0.39 is 4.92 Å². The minimum atomic E-state index is -0.455. The van der Waals surface area contributed by atoms with Crippen LogP contribution in [0.3, 0.4) is 0 Å². The summed E-state index contributed by atoms with van der Waals surface area (Å²) in [5.74, 6) is 0.740. The molecule has 3 N–H and O–H groups in total. The maximum atomic E-state index is 10.9. The van der Waals surface area contributed by atoms with Gasteiger partial charge in [0, 0.05) is 33.5 Å². The molecule has 3 aromatic carbocycles. The lowest BCUT2D eigenvalue weighted by atomic mass is 10.1. The van der Waals surface area contributed by atoms with Crippen LogP contribution < -0.4 is 16.1 Å². The Morgan fingerprint density at radius 1 is 0.857 bits per heavy atom. The van der Waals surface area contributed by atoms with Crippen LogP contribution >= 0.6 is 15.9 Å². The Hall–Kier alpha value is -4.38. The van der Waals surface area contributed by atoms with Crippen molar-refractivity contribution in [2.24, 2.45) is 5.10 Å². The van der Waals surface area contributed by atoms with Crippen molar-refractivity contribution in [3.63, 3.8) is 0 Å². The number of aryl methyl sites for hydroxylation is 2. The van der Waals surface area contributed by atoms with E-state index in [0.717, 1.165) is 21.3 Å². The third-order valence-corrected chi connectivity index (χ3v) is 5.73. The summed E-state index contributed by atoms with van der Waals surface area (Å²) in [7, 11) is 0. The van der Waals surface area contributed by atoms with Gasteiger partial charge in [-0.25, -0.2) is 5.43 Å². The van der Waals surface area contributed by atoms with Gasteiger partial charge in [-0.2, -0.15) is 20.1 Å². The van der Waals surface area contributed by atoms with Gasteiger partial charge in [0.1, 0.15) is 0 Å². The van der Waals surface area contributed by atoms with Gasteiger partial charge in [-0.1, -0.05) is 40.2 Å². The third kappa shape index (κ3) is 6.36.